The Kier molecular flexibility index (Phi) is 3.08. The van der Waals surface area contributed by atoms with Crippen molar-refractivity contribution in [2.45, 2.75) is 31.1 Å². The van der Waals surface area contributed by atoms with E-state index in [9.17, 15) is 0 Å². The summed E-state index contributed by atoms with van der Waals surface area (Å²) in [4.78, 5) is 0.399. The molecule has 10 heavy (non-hydrogen) atoms. The number of unbranched alkanes of at least 4 members (excludes halogenated alkanes) is 1. The van der Waals surface area contributed by atoms with Crippen molar-refractivity contribution < 1.29 is 0 Å². The Morgan fingerprint density at radius 1 is 1.60 bits per heavy atom. The number of rotatable bonds is 3. The molecule has 0 aliphatic carbocycles. The van der Waals surface area contributed by atoms with Gasteiger partial charge >= 0.3 is 0 Å². The summed E-state index contributed by atoms with van der Waals surface area (Å²) < 4.78 is 0. The van der Waals surface area contributed by atoms with Crippen molar-refractivity contribution in [2.24, 2.45) is 0 Å². The molecule has 0 aromatic heterocycles. The highest BCUT2D eigenvalue weighted by atomic mass is 31.1. The van der Waals surface area contributed by atoms with Gasteiger partial charge in [-0.3, -0.25) is 0 Å². The van der Waals surface area contributed by atoms with Gasteiger partial charge in [-0.05, 0) is 12.2 Å². The number of hydrogen-bond donors (Lipinski definition) is 0. The minimum Gasteiger partial charge on any atom is -0.118 e. The molecule has 0 fully saturated rings. The predicted octanol–water partition coefficient (Wildman–Crippen LogP) is 3.07. The quantitative estimate of drug-likeness (QED) is 0.574. The molecule has 1 aliphatic heterocycles. The molecule has 56 valence electrons. The van der Waals surface area contributed by atoms with Gasteiger partial charge in [-0.1, -0.05) is 40.1 Å². The van der Waals surface area contributed by atoms with Gasteiger partial charge in [0, 0.05) is 4.90 Å². The predicted molar refractivity (Wildman–Crippen MR) is 54.1 cm³/mol. The van der Waals surface area contributed by atoms with Gasteiger partial charge in [0.05, 0.1) is 0 Å². The Morgan fingerprint density at radius 2 is 2.40 bits per heavy atom. The van der Waals surface area contributed by atoms with E-state index < -0.39 is 0 Å². The summed E-state index contributed by atoms with van der Waals surface area (Å²) in [6, 6.07) is 0. The molecular weight excluding hydrogens is 158 g/mol. The van der Waals surface area contributed by atoms with Crippen LogP contribution < -0.4 is 0 Å². The molecule has 0 saturated heterocycles. The van der Waals surface area contributed by atoms with Gasteiger partial charge < -0.3 is 0 Å². The molecule has 0 saturated carbocycles. The standard InChI is InChI=1S/C8H14P2/c1-2-3-5-8(9)6-4-7-10-8/h4,6-7H,2-3,5,9H2,1H3. The normalized spacial score (nSPS) is 31.4. The molecule has 0 aromatic carbocycles. The van der Waals surface area contributed by atoms with Gasteiger partial charge in [0.15, 0.2) is 0 Å². The third kappa shape index (κ3) is 2.19. The first-order valence-electron chi connectivity index (χ1n) is 3.79. The molecule has 0 aromatic rings. The maximum Gasteiger partial charge on any atom is 0.0444 e. The van der Waals surface area contributed by atoms with Crippen molar-refractivity contribution >= 4 is 23.2 Å². The van der Waals surface area contributed by atoms with Crippen LogP contribution in [0.2, 0.25) is 0 Å². The summed E-state index contributed by atoms with van der Waals surface area (Å²) in [6.07, 6.45) is 8.43. The summed E-state index contributed by atoms with van der Waals surface area (Å²) >= 11 is 0. The summed E-state index contributed by atoms with van der Waals surface area (Å²) in [5.74, 6) is 2.22. The summed E-state index contributed by atoms with van der Waals surface area (Å²) in [6.45, 7) is 2.24. The van der Waals surface area contributed by atoms with Crippen LogP contribution in [-0.2, 0) is 0 Å². The highest BCUT2D eigenvalue weighted by Gasteiger charge is 2.18. The zero-order valence-electron chi connectivity index (χ0n) is 6.38. The van der Waals surface area contributed by atoms with Gasteiger partial charge in [-0.25, -0.2) is 0 Å². The fourth-order valence-electron chi connectivity index (χ4n) is 1.04. The largest absolute Gasteiger partial charge is 0.118 e. The molecule has 0 nitrogen and oxygen atoms in total. The first-order chi connectivity index (χ1) is 4.77. The molecule has 0 N–H and O–H groups in total. The Bertz CT molecular complexity index is 147. The van der Waals surface area contributed by atoms with Crippen molar-refractivity contribution in [3.8, 4) is 0 Å². The molecule has 2 unspecified atom stereocenters. The minimum absolute atomic E-state index is 0.399. The van der Waals surface area contributed by atoms with Crippen LogP contribution >= 0.6 is 17.4 Å². The van der Waals surface area contributed by atoms with E-state index in [1.165, 1.54) is 27.5 Å². The molecular formula is C8H14P2. The van der Waals surface area contributed by atoms with E-state index >= 15 is 0 Å². The fraction of sp³-hybridized carbons (Fsp3) is 0.625. The Balaban J connectivity index is 2.38. The Hall–Kier alpha value is 0.340. The molecule has 2 heteroatoms. The fourth-order valence-corrected chi connectivity index (χ4v) is 2.52. The van der Waals surface area contributed by atoms with Gasteiger partial charge in [-0.15, -0.1) is 9.24 Å². The van der Waals surface area contributed by atoms with E-state index in [-0.39, 0.29) is 0 Å². The van der Waals surface area contributed by atoms with Crippen LogP contribution in [0, 0.1) is 0 Å². The first-order valence-corrected chi connectivity index (χ1v) is 5.33. The van der Waals surface area contributed by atoms with E-state index in [2.05, 4.69) is 34.1 Å². The lowest BCUT2D eigenvalue weighted by atomic mass is 10.2. The van der Waals surface area contributed by atoms with Crippen molar-refractivity contribution in [3.63, 3.8) is 0 Å². The number of allylic oxidation sites excluding steroid dienone is 2. The topological polar surface area (TPSA) is 0 Å². The number of hydrogen-bond acceptors (Lipinski definition) is 0. The highest BCUT2D eigenvalue weighted by Crippen LogP contribution is 2.40. The van der Waals surface area contributed by atoms with Crippen LogP contribution in [0.25, 0.3) is 0 Å². The van der Waals surface area contributed by atoms with Crippen LogP contribution in [0.5, 0.6) is 0 Å². The second-order valence-electron chi connectivity index (χ2n) is 2.73. The van der Waals surface area contributed by atoms with Crippen LogP contribution in [0.4, 0.5) is 0 Å². The van der Waals surface area contributed by atoms with E-state index in [1.54, 1.807) is 0 Å². The summed E-state index contributed by atoms with van der Waals surface area (Å²) in [5.41, 5.74) is 0. The monoisotopic (exact) mass is 172 g/mol. The second kappa shape index (κ2) is 3.65. The molecule has 1 heterocycles. The molecule has 2 atom stereocenters. The van der Waals surface area contributed by atoms with Crippen LogP contribution in [0.3, 0.4) is 0 Å². The lowest BCUT2D eigenvalue weighted by molar-refractivity contribution is 0.716. The van der Waals surface area contributed by atoms with Gasteiger partial charge in [0.25, 0.3) is 0 Å². The SMILES string of the molecule is CCCCC1(P)C=CC=P1. The average Bonchev–Trinajstić information content (AvgIpc) is 2.33. The molecule has 0 amide bonds. The summed E-state index contributed by atoms with van der Waals surface area (Å²) in [7, 11) is 4.40. The lowest BCUT2D eigenvalue weighted by Gasteiger charge is -2.16. The molecule has 0 bridgehead atoms. The minimum atomic E-state index is 0.399. The van der Waals surface area contributed by atoms with Crippen LogP contribution in [0.15, 0.2) is 12.2 Å². The average molecular weight is 172 g/mol. The summed E-state index contributed by atoms with van der Waals surface area (Å²) in [5, 5.41) is 0. The van der Waals surface area contributed by atoms with Crippen LogP contribution in [-0.4, -0.2) is 10.7 Å². The van der Waals surface area contributed by atoms with Gasteiger partial charge in [0.2, 0.25) is 0 Å². The van der Waals surface area contributed by atoms with Crippen molar-refractivity contribution in [1.82, 2.24) is 0 Å². The highest BCUT2D eigenvalue weighted by molar-refractivity contribution is 7.53. The second-order valence-corrected chi connectivity index (χ2v) is 5.64. The zero-order chi connectivity index (χ0) is 7.45. The maximum absolute atomic E-state index is 2.95. The molecule has 1 aliphatic rings. The third-order valence-electron chi connectivity index (χ3n) is 1.72. The smallest absolute Gasteiger partial charge is 0.0444 e. The van der Waals surface area contributed by atoms with E-state index in [1.807, 2.05) is 0 Å². The zero-order valence-corrected chi connectivity index (χ0v) is 8.43. The van der Waals surface area contributed by atoms with E-state index in [0.717, 1.165) is 0 Å². The van der Waals surface area contributed by atoms with Crippen molar-refractivity contribution in [1.29, 1.82) is 0 Å². The van der Waals surface area contributed by atoms with Gasteiger partial charge in [0.1, 0.15) is 0 Å². The van der Waals surface area contributed by atoms with E-state index in [4.69, 9.17) is 0 Å². The van der Waals surface area contributed by atoms with Crippen molar-refractivity contribution in [2.75, 3.05) is 0 Å². The van der Waals surface area contributed by atoms with Crippen LogP contribution in [0.1, 0.15) is 26.2 Å². The Labute approximate surface area is 67.1 Å². The lowest BCUT2D eigenvalue weighted by Crippen LogP contribution is -2.04. The van der Waals surface area contributed by atoms with E-state index in [0.29, 0.717) is 4.90 Å². The van der Waals surface area contributed by atoms with Gasteiger partial charge in [-0.2, -0.15) is 0 Å². The maximum atomic E-state index is 2.95. The van der Waals surface area contributed by atoms with Crippen molar-refractivity contribution in [3.05, 3.63) is 12.2 Å². The first kappa shape index (κ1) is 8.44. The molecule has 1 rings (SSSR count). The molecule has 0 spiro atoms. The molecule has 0 radical (unpaired) electrons. The Morgan fingerprint density at radius 3 is 2.90 bits per heavy atom. The third-order valence-corrected chi connectivity index (χ3v) is 3.82.